The first-order valence-corrected chi connectivity index (χ1v) is 11.6. The molecule has 0 bridgehead atoms. The molecule has 0 saturated heterocycles. The molecule has 2 N–H and O–H groups in total. The van der Waals surface area contributed by atoms with Crippen LogP contribution in [0.2, 0.25) is 5.02 Å². The number of sulfonamides is 1. The number of ether oxygens (including phenoxy) is 1. The van der Waals surface area contributed by atoms with Crippen LogP contribution in [-0.2, 0) is 10.0 Å². The normalized spacial score (nSPS) is 10.9. The highest BCUT2D eigenvalue weighted by Crippen LogP contribution is 2.31. The Labute approximate surface area is 200 Å². The highest BCUT2D eigenvalue weighted by molar-refractivity contribution is 7.93. The lowest BCUT2D eigenvalue weighted by atomic mass is 10.1. The molecule has 0 aliphatic rings. The summed E-state index contributed by atoms with van der Waals surface area (Å²) < 4.78 is 34.4. The van der Waals surface area contributed by atoms with Crippen molar-refractivity contribution in [1.82, 2.24) is 9.97 Å². The molecule has 0 atom stereocenters. The van der Waals surface area contributed by atoms with Crippen molar-refractivity contribution in [2.75, 3.05) is 11.8 Å². The summed E-state index contributed by atoms with van der Waals surface area (Å²) in [5.74, 6) is 5.06. The van der Waals surface area contributed by atoms with Gasteiger partial charge >= 0.3 is 5.97 Å². The molecule has 0 saturated carbocycles. The van der Waals surface area contributed by atoms with Crippen molar-refractivity contribution in [2.45, 2.75) is 4.90 Å². The molecule has 0 aliphatic heterocycles. The summed E-state index contributed by atoms with van der Waals surface area (Å²) in [5, 5.41) is 9.88. The van der Waals surface area contributed by atoms with E-state index in [-0.39, 0.29) is 21.8 Å². The third-order valence-electron chi connectivity index (χ3n) is 4.75. The Morgan fingerprint density at radius 2 is 1.91 bits per heavy atom. The molecule has 0 unspecified atom stereocenters. The Bertz CT molecular complexity index is 1580. The zero-order valence-electron chi connectivity index (χ0n) is 17.6. The Balaban J connectivity index is 1.72. The van der Waals surface area contributed by atoms with E-state index in [1.54, 1.807) is 18.2 Å². The van der Waals surface area contributed by atoms with E-state index < -0.39 is 16.0 Å². The van der Waals surface area contributed by atoms with Gasteiger partial charge in [0.25, 0.3) is 10.0 Å². The molecule has 8 nitrogen and oxygen atoms in total. The van der Waals surface area contributed by atoms with Crippen molar-refractivity contribution in [2.24, 2.45) is 0 Å². The molecule has 0 radical (unpaired) electrons. The molecule has 34 heavy (non-hydrogen) atoms. The van der Waals surface area contributed by atoms with Gasteiger partial charge in [-0.15, -0.1) is 0 Å². The largest absolute Gasteiger partial charge is 0.496 e. The number of aromatic nitrogens is 2. The monoisotopic (exact) mass is 493 g/mol. The first-order chi connectivity index (χ1) is 16.3. The molecule has 4 rings (SSSR count). The van der Waals surface area contributed by atoms with Crippen molar-refractivity contribution in [3.05, 3.63) is 88.8 Å². The summed E-state index contributed by atoms with van der Waals surface area (Å²) in [6, 6.07) is 13.8. The number of fused-ring (bicyclic) bond motifs is 1. The number of nitrogens with one attached hydrogen (secondary N) is 1. The lowest BCUT2D eigenvalue weighted by Crippen LogP contribution is -2.15. The van der Waals surface area contributed by atoms with Gasteiger partial charge in [-0.3, -0.25) is 9.71 Å². The number of hydrogen-bond donors (Lipinski definition) is 2. The van der Waals surface area contributed by atoms with Gasteiger partial charge in [0, 0.05) is 28.4 Å². The van der Waals surface area contributed by atoms with Crippen LogP contribution in [0.3, 0.4) is 0 Å². The number of carboxylic acid groups (broad SMARTS) is 1. The smallest absolute Gasteiger partial charge is 0.354 e. The van der Waals surface area contributed by atoms with Crippen molar-refractivity contribution in [1.29, 1.82) is 0 Å². The van der Waals surface area contributed by atoms with Crippen LogP contribution in [0.5, 0.6) is 5.75 Å². The third-order valence-corrected chi connectivity index (χ3v) is 6.38. The molecule has 2 heterocycles. The summed E-state index contributed by atoms with van der Waals surface area (Å²) in [4.78, 5) is 19.0. The fourth-order valence-electron chi connectivity index (χ4n) is 3.16. The maximum absolute atomic E-state index is 13.3. The van der Waals surface area contributed by atoms with Crippen LogP contribution < -0.4 is 9.46 Å². The second-order valence-electron chi connectivity index (χ2n) is 6.95. The number of carboxylic acids is 1. The van der Waals surface area contributed by atoms with Crippen LogP contribution in [0.1, 0.15) is 21.6 Å². The molecule has 2 aromatic heterocycles. The van der Waals surface area contributed by atoms with E-state index in [4.69, 9.17) is 21.4 Å². The number of halogens is 1. The minimum atomic E-state index is -4.05. The predicted molar refractivity (Wildman–Crippen MR) is 128 cm³/mol. The highest BCUT2D eigenvalue weighted by atomic mass is 35.5. The molecule has 2 aromatic carbocycles. The van der Waals surface area contributed by atoms with E-state index in [1.165, 1.54) is 55.9 Å². The second-order valence-corrected chi connectivity index (χ2v) is 9.04. The molecule has 4 aromatic rings. The number of hydrogen-bond acceptors (Lipinski definition) is 6. The van der Waals surface area contributed by atoms with Crippen molar-refractivity contribution in [3.63, 3.8) is 0 Å². The molecule has 0 fully saturated rings. The van der Waals surface area contributed by atoms with Crippen LogP contribution in [0, 0.1) is 11.8 Å². The van der Waals surface area contributed by atoms with E-state index in [9.17, 15) is 13.2 Å². The van der Waals surface area contributed by atoms with E-state index in [0.717, 1.165) is 0 Å². The van der Waals surface area contributed by atoms with Crippen molar-refractivity contribution < 1.29 is 23.1 Å². The Kier molecular flexibility index (Phi) is 6.36. The Morgan fingerprint density at radius 3 is 2.62 bits per heavy atom. The fraction of sp³-hybridized carbons (Fsp3) is 0.0417. The molecule has 0 amide bonds. The van der Waals surface area contributed by atoms with E-state index >= 15 is 0 Å². The Hall–Kier alpha value is -4.13. The van der Waals surface area contributed by atoms with Crippen LogP contribution in [-0.4, -0.2) is 36.6 Å². The van der Waals surface area contributed by atoms with Crippen LogP contribution in [0.25, 0.3) is 10.9 Å². The average Bonchev–Trinajstić information content (AvgIpc) is 2.83. The minimum absolute atomic E-state index is 0.0220. The summed E-state index contributed by atoms with van der Waals surface area (Å²) >= 11 is 6.11. The number of nitrogens with zero attached hydrogens (tertiary/aromatic N) is 2. The summed E-state index contributed by atoms with van der Waals surface area (Å²) in [6.07, 6.45) is 2.82. The van der Waals surface area contributed by atoms with Gasteiger partial charge in [0.1, 0.15) is 16.3 Å². The quantitative estimate of drug-likeness (QED) is 0.400. The number of rotatable bonds is 5. The number of methoxy groups -OCH3 is 1. The number of carbonyl (C=O) groups is 1. The number of pyridine rings is 2. The van der Waals surface area contributed by atoms with Crippen LogP contribution >= 0.6 is 11.6 Å². The first-order valence-electron chi connectivity index (χ1n) is 9.74. The lowest BCUT2D eigenvalue weighted by Gasteiger charge is -2.13. The molecule has 170 valence electrons. The van der Waals surface area contributed by atoms with E-state index in [2.05, 4.69) is 26.5 Å². The van der Waals surface area contributed by atoms with Gasteiger partial charge in [0.05, 0.1) is 23.9 Å². The lowest BCUT2D eigenvalue weighted by molar-refractivity contribution is 0.0690. The standard InChI is InChI=1S/C24H16ClN3O5S/c1-33-21-10-11-22(23-18(21)3-2-12-26-23)34(31,32)28-19-9-7-17(25)13-16(19)6-4-15-5-8-20(24(29)30)27-14-15/h2-3,5,7-14,28H,1H3,(H,29,30). The number of anilines is 1. The van der Waals surface area contributed by atoms with E-state index in [1.807, 2.05) is 0 Å². The van der Waals surface area contributed by atoms with E-state index in [0.29, 0.717) is 27.3 Å². The maximum Gasteiger partial charge on any atom is 0.354 e. The van der Waals surface area contributed by atoms with Gasteiger partial charge in [-0.05, 0) is 54.6 Å². The van der Waals surface area contributed by atoms with Crippen LogP contribution in [0.4, 0.5) is 5.69 Å². The Morgan fingerprint density at radius 1 is 1.09 bits per heavy atom. The van der Waals surface area contributed by atoms with Gasteiger partial charge in [0.2, 0.25) is 0 Å². The molecule has 0 spiro atoms. The molecular formula is C24H16ClN3O5S. The SMILES string of the molecule is COc1ccc(S(=O)(=O)Nc2ccc(Cl)cc2C#Cc2ccc(C(=O)O)nc2)c2ncccc12. The topological polar surface area (TPSA) is 118 Å². The predicted octanol–water partition coefficient (Wildman–Crippen LogP) is 4.19. The summed E-state index contributed by atoms with van der Waals surface area (Å²) in [6.45, 7) is 0. The van der Waals surface area contributed by atoms with Gasteiger partial charge in [0.15, 0.2) is 0 Å². The average molecular weight is 494 g/mol. The summed E-state index contributed by atoms with van der Waals surface area (Å²) in [7, 11) is -2.56. The van der Waals surface area contributed by atoms with Gasteiger partial charge in [-0.1, -0.05) is 23.4 Å². The zero-order chi connectivity index (χ0) is 24.3. The number of benzene rings is 2. The van der Waals surface area contributed by atoms with Crippen LogP contribution in [0.15, 0.2) is 71.9 Å². The minimum Gasteiger partial charge on any atom is -0.496 e. The number of aromatic carboxylic acids is 1. The third kappa shape index (κ3) is 4.78. The molecular weight excluding hydrogens is 478 g/mol. The maximum atomic E-state index is 13.3. The fourth-order valence-corrected chi connectivity index (χ4v) is 4.57. The second kappa shape index (κ2) is 9.39. The van der Waals surface area contributed by atoms with Crippen molar-refractivity contribution in [3.8, 4) is 17.6 Å². The molecule has 10 heteroatoms. The molecule has 0 aliphatic carbocycles. The first kappa shape index (κ1) is 23.0. The highest BCUT2D eigenvalue weighted by Gasteiger charge is 2.21. The van der Waals surface area contributed by atoms with Gasteiger partial charge < -0.3 is 9.84 Å². The van der Waals surface area contributed by atoms with Gasteiger partial charge in [-0.25, -0.2) is 18.2 Å². The zero-order valence-corrected chi connectivity index (χ0v) is 19.2. The van der Waals surface area contributed by atoms with Gasteiger partial charge in [-0.2, -0.15) is 0 Å². The van der Waals surface area contributed by atoms with Crippen molar-refractivity contribution >= 4 is 44.2 Å². The summed E-state index contributed by atoms with van der Waals surface area (Å²) in [5.41, 5.74) is 1.14.